The van der Waals surface area contributed by atoms with Gasteiger partial charge in [-0.15, -0.1) is 0 Å². The molecule has 128 valence electrons. The summed E-state index contributed by atoms with van der Waals surface area (Å²) in [5.41, 5.74) is 9.74. The van der Waals surface area contributed by atoms with Crippen LogP contribution in [0, 0.1) is 6.92 Å². The normalized spacial score (nSPS) is 15.0. The van der Waals surface area contributed by atoms with Gasteiger partial charge < -0.3 is 0 Å². The molecule has 2 aliphatic carbocycles. The number of fused-ring (bicyclic) bond motifs is 4. The van der Waals surface area contributed by atoms with Crippen LogP contribution in [0.3, 0.4) is 0 Å². The average Bonchev–Trinajstić information content (AvgIpc) is 3.30. The molecule has 1 heteroatoms. The molecule has 0 bridgehead atoms. The lowest BCUT2D eigenvalue weighted by molar-refractivity contribution is 1.02. The fourth-order valence-corrected chi connectivity index (χ4v) is 5.69. The molecule has 0 spiro atoms. The zero-order chi connectivity index (χ0) is 17.7. The summed E-state index contributed by atoms with van der Waals surface area (Å²) in [5, 5.41) is 8.27. The maximum atomic E-state index is 5.31. The molecular weight excluding hydrogens is 326 g/mol. The number of hydrogen-bond acceptors (Lipinski definition) is 1. The average molecular weight is 345 g/mol. The largest absolute Gasteiger partial charge is 0.246 e. The van der Waals surface area contributed by atoms with Crippen molar-refractivity contribution in [1.29, 1.82) is 0 Å². The standard InChI is InChI=1S/C26H19N/c1-14-21-12-17-10-8-15-4-2-6-19(23(15)17)25(21)27-26-20-7-3-5-16-9-11-18(24(16)20)13-22(14)26/h2-7,12-13H,8-11H2,1H3. The Balaban J connectivity index is 1.78. The molecular formula is C26H19N. The summed E-state index contributed by atoms with van der Waals surface area (Å²) in [5.74, 6) is 0. The van der Waals surface area contributed by atoms with Crippen molar-refractivity contribution in [3.63, 3.8) is 0 Å². The molecule has 0 saturated carbocycles. The summed E-state index contributed by atoms with van der Waals surface area (Å²) in [6.07, 6.45) is 4.65. The highest BCUT2D eigenvalue weighted by molar-refractivity contribution is 6.17. The monoisotopic (exact) mass is 345 g/mol. The van der Waals surface area contributed by atoms with E-state index in [1.54, 1.807) is 0 Å². The first-order chi connectivity index (χ1) is 13.3. The number of benzene rings is 4. The highest BCUT2D eigenvalue weighted by Gasteiger charge is 2.21. The maximum absolute atomic E-state index is 5.31. The Bertz CT molecular complexity index is 1360. The van der Waals surface area contributed by atoms with Crippen LogP contribution in [0.25, 0.3) is 43.4 Å². The molecule has 4 aromatic carbocycles. The van der Waals surface area contributed by atoms with Gasteiger partial charge in [-0.25, -0.2) is 4.98 Å². The Hall–Kier alpha value is -2.93. The third kappa shape index (κ3) is 1.64. The zero-order valence-corrected chi connectivity index (χ0v) is 15.4. The summed E-state index contributed by atoms with van der Waals surface area (Å²) < 4.78 is 0. The number of pyridine rings is 1. The van der Waals surface area contributed by atoms with Gasteiger partial charge in [0.15, 0.2) is 0 Å². The smallest absolute Gasteiger partial charge is 0.0791 e. The molecule has 27 heavy (non-hydrogen) atoms. The molecule has 0 fully saturated rings. The summed E-state index contributed by atoms with van der Waals surface area (Å²) in [6, 6.07) is 18.4. The number of aromatic nitrogens is 1. The topological polar surface area (TPSA) is 12.9 Å². The van der Waals surface area contributed by atoms with E-state index < -0.39 is 0 Å². The van der Waals surface area contributed by atoms with Crippen molar-refractivity contribution in [2.45, 2.75) is 32.6 Å². The highest BCUT2D eigenvalue weighted by Crippen LogP contribution is 2.41. The van der Waals surface area contributed by atoms with E-state index in [4.69, 9.17) is 4.98 Å². The van der Waals surface area contributed by atoms with Gasteiger partial charge in [-0.1, -0.05) is 36.4 Å². The van der Waals surface area contributed by atoms with Gasteiger partial charge in [0.2, 0.25) is 0 Å². The van der Waals surface area contributed by atoms with Crippen molar-refractivity contribution >= 4 is 43.4 Å². The summed E-state index contributed by atoms with van der Waals surface area (Å²) in [4.78, 5) is 5.31. The fraction of sp³-hybridized carbons (Fsp3) is 0.192. The van der Waals surface area contributed by atoms with Gasteiger partial charge in [-0.2, -0.15) is 0 Å². The molecule has 7 rings (SSSR count). The maximum Gasteiger partial charge on any atom is 0.0791 e. The molecule has 0 radical (unpaired) electrons. The minimum atomic E-state index is 1.16. The van der Waals surface area contributed by atoms with Gasteiger partial charge >= 0.3 is 0 Å². The van der Waals surface area contributed by atoms with Crippen LogP contribution in [0.4, 0.5) is 0 Å². The second-order valence-corrected chi connectivity index (χ2v) is 8.28. The second-order valence-electron chi connectivity index (χ2n) is 8.28. The number of hydrogen-bond donors (Lipinski definition) is 0. The SMILES string of the molecule is Cc1c2cc3c4c(cccc4c2nc2c1cc1c4c(cccc42)CC1)CC3. The van der Waals surface area contributed by atoms with Crippen molar-refractivity contribution in [2.75, 3.05) is 0 Å². The van der Waals surface area contributed by atoms with Crippen LogP contribution in [0.2, 0.25) is 0 Å². The van der Waals surface area contributed by atoms with Crippen molar-refractivity contribution in [1.82, 2.24) is 4.98 Å². The third-order valence-corrected chi connectivity index (χ3v) is 6.96. The number of nitrogens with zero attached hydrogens (tertiary/aromatic N) is 1. The molecule has 0 N–H and O–H groups in total. The summed E-state index contributed by atoms with van der Waals surface area (Å²) >= 11 is 0. The number of rotatable bonds is 0. The van der Waals surface area contributed by atoms with Crippen molar-refractivity contribution in [2.24, 2.45) is 0 Å². The Kier molecular flexibility index (Phi) is 2.45. The molecule has 2 aliphatic rings. The molecule has 0 saturated heterocycles. The zero-order valence-electron chi connectivity index (χ0n) is 15.4. The van der Waals surface area contributed by atoms with Gasteiger partial charge in [0.05, 0.1) is 11.0 Å². The second kappa shape index (κ2) is 4.67. The van der Waals surface area contributed by atoms with E-state index in [9.17, 15) is 0 Å². The Morgan fingerprint density at radius 3 is 1.59 bits per heavy atom. The van der Waals surface area contributed by atoms with E-state index in [0.717, 1.165) is 25.7 Å². The van der Waals surface area contributed by atoms with Crippen molar-refractivity contribution < 1.29 is 0 Å². The van der Waals surface area contributed by atoms with Crippen LogP contribution in [-0.2, 0) is 25.7 Å². The lowest BCUT2D eigenvalue weighted by atomic mass is 9.94. The molecule has 1 aromatic heterocycles. The van der Waals surface area contributed by atoms with Crippen LogP contribution < -0.4 is 0 Å². The Morgan fingerprint density at radius 1 is 0.593 bits per heavy atom. The van der Waals surface area contributed by atoms with Gasteiger partial charge in [-0.3, -0.25) is 0 Å². The molecule has 0 amide bonds. The van der Waals surface area contributed by atoms with Crippen LogP contribution in [-0.4, -0.2) is 4.98 Å². The van der Waals surface area contributed by atoms with Crippen LogP contribution in [0.1, 0.15) is 27.8 Å². The fourth-order valence-electron chi connectivity index (χ4n) is 5.69. The minimum absolute atomic E-state index is 1.16. The molecule has 1 nitrogen and oxygen atoms in total. The van der Waals surface area contributed by atoms with E-state index in [1.807, 2.05) is 0 Å². The number of aryl methyl sites for hydroxylation is 5. The minimum Gasteiger partial charge on any atom is -0.246 e. The molecule has 0 aliphatic heterocycles. The Labute approximate surface area is 157 Å². The van der Waals surface area contributed by atoms with Crippen LogP contribution >= 0.6 is 0 Å². The predicted octanol–water partition coefficient (Wildman–Crippen LogP) is 6.20. The van der Waals surface area contributed by atoms with Gasteiger partial charge in [0.25, 0.3) is 0 Å². The van der Waals surface area contributed by atoms with E-state index >= 15 is 0 Å². The first kappa shape index (κ1) is 14.2. The molecule has 1 heterocycles. The van der Waals surface area contributed by atoms with Crippen molar-refractivity contribution in [3.8, 4) is 0 Å². The van der Waals surface area contributed by atoms with Crippen LogP contribution in [0.15, 0.2) is 48.5 Å². The molecule has 5 aromatic rings. The van der Waals surface area contributed by atoms with Gasteiger partial charge in [0, 0.05) is 21.5 Å². The quantitative estimate of drug-likeness (QED) is 0.240. The Morgan fingerprint density at radius 2 is 1.07 bits per heavy atom. The summed E-state index contributed by atoms with van der Waals surface area (Å²) in [6.45, 7) is 2.29. The first-order valence-electron chi connectivity index (χ1n) is 10.0. The van der Waals surface area contributed by atoms with Gasteiger partial charge in [-0.05, 0) is 83.3 Å². The highest BCUT2D eigenvalue weighted by atomic mass is 14.7. The van der Waals surface area contributed by atoms with Gasteiger partial charge in [0.1, 0.15) is 0 Å². The molecule has 0 unspecified atom stereocenters. The van der Waals surface area contributed by atoms with E-state index in [-0.39, 0.29) is 0 Å². The lowest BCUT2D eigenvalue weighted by Crippen LogP contribution is -1.93. The van der Waals surface area contributed by atoms with E-state index in [2.05, 4.69) is 55.5 Å². The summed E-state index contributed by atoms with van der Waals surface area (Å²) in [7, 11) is 0. The van der Waals surface area contributed by atoms with Crippen molar-refractivity contribution in [3.05, 3.63) is 76.3 Å². The third-order valence-electron chi connectivity index (χ3n) is 6.96. The lowest BCUT2D eigenvalue weighted by Gasteiger charge is -2.14. The van der Waals surface area contributed by atoms with E-state index in [1.165, 1.54) is 71.2 Å². The van der Waals surface area contributed by atoms with E-state index in [0.29, 0.717) is 0 Å². The molecule has 0 atom stereocenters. The predicted molar refractivity (Wildman–Crippen MR) is 114 cm³/mol. The van der Waals surface area contributed by atoms with Crippen LogP contribution in [0.5, 0.6) is 0 Å². The first-order valence-corrected chi connectivity index (χ1v) is 10.0.